The lowest BCUT2D eigenvalue weighted by atomic mass is 9.80. The lowest BCUT2D eigenvalue weighted by Gasteiger charge is -2.36. The number of rotatable bonds is 4. The predicted octanol–water partition coefficient (Wildman–Crippen LogP) is 2.67. The molecule has 1 aliphatic carbocycles. The average molecular weight is 321 g/mol. The molecule has 0 radical (unpaired) electrons. The van der Waals surface area contributed by atoms with Crippen LogP contribution in [-0.2, 0) is 0 Å². The number of fused-ring (bicyclic) bond motifs is 1. The van der Waals surface area contributed by atoms with E-state index in [1.165, 1.54) is 0 Å². The third-order valence-electron chi connectivity index (χ3n) is 4.72. The summed E-state index contributed by atoms with van der Waals surface area (Å²) in [4.78, 5) is 16.6. The summed E-state index contributed by atoms with van der Waals surface area (Å²) < 4.78 is 1.99. The molecule has 0 atom stereocenters. The summed E-state index contributed by atoms with van der Waals surface area (Å²) in [7, 11) is 0. The second-order valence-electron chi connectivity index (χ2n) is 6.41. The predicted molar refractivity (Wildman–Crippen MR) is 92.2 cm³/mol. The minimum Gasteiger partial charge on any atom is -0.388 e. The van der Waals surface area contributed by atoms with Crippen molar-refractivity contribution in [2.45, 2.75) is 24.9 Å². The molecule has 1 fully saturated rings. The Morgan fingerprint density at radius 3 is 2.62 bits per heavy atom. The van der Waals surface area contributed by atoms with Gasteiger partial charge < -0.3 is 10.4 Å². The fourth-order valence-corrected chi connectivity index (χ4v) is 3.05. The van der Waals surface area contributed by atoms with E-state index < -0.39 is 5.60 Å². The molecule has 24 heavy (non-hydrogen) atoms. The van der Waals surface area contributed by atoms with Crippen molar-refractivity contribution in [1.29, 1.82) is 0 Å². The molecule has 2 aromatic carbocycles. The van der Waals surface area contributed by atoms with Crippen LogP contribution in [0, 0.1) is 0 Å². The number of amides is 1. The van der Waals surface area contributed by atoms with Crippen LogP contribution in [0.3, 0.4) is 0 Å². The van der Waals surface area contributed by atoms with Gasteiger partial charge in [-0.2, -0.15) is 0 Å². The van der Waals surface area contributed by atoms with Crippen molar-refractivity contribution >= 4 is 16.9 Å². The maximum Gasteiger partial charge on any atom is 0.251 e. The van der Waals surface area contributed by atoms with Crippen LogP contribution in [-0.4, -0.2) is 32.7 Å². The van der Waals surface area contributed by atoms with E-state index in [0.29, 0.717) is 12.1 Å². The molecule has 4 rings (SSSR count). The van der Waals surface area contributed by atoms with Crippen molar-refractivity contribution in [2.75, 3.05) is 6.54 Å². The molecule has 5 heteroatoms. The van der Waals surface area contributed by atoms with E-state index in [-0.39, 0.29) is 5.91 Å². The normalized spacial score (nSPS) is 15.9. The average Bonchev–Trinajstić information content (AvgIpc) is 3.02. The summed E-state index contributed by atoms with van der Waals surface area (Å²) >= 11 is 0. The SMILES string of the molecule is O=C(NCC1(O)CCC1)c1ccc(-n2cnc3ccccc32)cc1. The lowest BCUT2D eigenvalue weighted by molar-refractivity contribution is -0.0300. The van der Waals surface area contributed by atoms with Gasteiger partial charge in [0.25, 0.3) is 5.91 Å². The summed E-state index contributed by atoms with van der Waals surface area (Å²) in [5.41, 5.74) is 2.81. The Bertz CT molecular complexity index is 879. The Morgan fingerprint density at radius 2 is 1.92 bits per heavy atom. The number of hydrogen-bond donors (Lipinski definition) is 2. The first kappa shape index (κ1) is 14.9. The molecule has 0 bridgehead atoms. The van der Waals surface area contributed by atoms with Crippen molar-refractivity contribution in [1.82, 2.24) is 14.9 Å². The Labute approximate surface area is 139 Å². The Kier molecular flexibility index (Phi) is 3.58. The molecule has 0 saturated heterocycles. The molecular weight excluding hydrogens is 302 g/mol. The molecule has 1 heterocycles. The highest BCUT2D eigenvalue weighted by atomic mass is 16.3. The van der Waals surface area contributed by atoms with Crippen LogP contribution in [0.2, 0.25) is 0 Å². The van der Waals surface area contributed by atoms with E-state index in [2.05, 4.69) is 10.3 Å². The number of imidazole rings is 1. The maximum atomic E-state index is 12.2. The van der Waals surface area contributed by atoms with Gasteiger partial charge in [0.1, 0.15) is 6.33 Å². The molecular formula is C19H19N3O2. The van der Waals surface area contributed by atoms with E-state index in [9.17, 15) is 9.90 Å². The van der Waals surface area contributed by atoms with Gasteiger partial charge in [0.2, 0.25) is 0 Å². The highest BCUT2D eigenvalue weighted by Crippen LogP contribution is 2.30. The summed E-state index contributed by atoms with van der Waals surface area (Å²) in [5, 5.41) is 12.9. The highest BCUT2D eigenvalue weighted by Gasteiger charge is 2.34. The fraction of sp³-hybridized carbons (Fsp3) is 0.263. The maximum absolute atomic E-state index is 12.2. The molecule has 1 amide bonds. The third-order valence-corrected chi connectivity index (χ3v) is 4.72. The number of aromatic nitrogens is 2. The minimum absolute atomic E-state index is 0.155. The molecule has 1 aliphatic rings. The van der Waals surface area contributed by atoms with Gasteiger partial charge in [-0.3, -0.25) is 9.36 Å². The number of carbonyl (C=O) groups is 1. The molecule has 1 saturated carbocycles. The van der Waals surface area contributed by atoms with Gasteiger partial charge in [0.05, 0.1) is 16.6 Å². The third kappa shape index (κ3) is 2.67. The van der Waals surface area contributed by atoms with Gasteiger partial charge in [0, 0.05) is 17.8 Å². The van der Waals surface area contributed by atoms with Crippen LogP contribution in [0.1, 0.15) is 29.6 Å². The van der Waals surface area contributed by atoms with Gasteiger partial charge in [-0.05, 0) is 55.7 Å². The van der Waals surface area contributed by atoms with Crippen molar-refractivity contribution in [2.24, 2.45) is 0 Å². The summed E-state index contributed by atoms with van der Waals surface area (Å²) in [6, 6.07) is 15.3. The first-order valence-electron chi connectivity index (χ1n) is 8.18. The zero-order chi connectivity index (χ0) is 16.6. The lowest BCUT2D eigenvalue weighted by Crippen LogP contribution is -2.47. The van der Waals surface area contributed by atoms with Gasteiger partial charge in [-0.1, -0.05) is 12.1 Å². The Morgan fingerprint density at radius 1 is 1.17 bits per heavy atom. The molecule has 122 valence electrons. The number of hydrogen-bond acceptors (Lipinski definition) is 3. The van der Waals surface area contributed by atoms with Crippen LogP contribution in [0.15, 0.2) is 54.9 Å². The monoisotopic (exact) mass is 321 g/mol. The molecule has 5 nitrogen and oxygen atoms in total. The van der Waals surface area contributed by atoms with Crippen LogP contribution in [0.5, 0.6) is 0 Å². The standard InChI is InChI=1S/C19H19N3O2/c23-18(20-12-19(24)10-3-11-19)14-6-8-15(9-7-14)22-13-21-16-4-1-2-5-17(16)22/h1-2,4-9,13,24H,3,10-12H2,(H,20,23). The van der Waals surface area contributed by atoms with Crippen molar-refractivity contribution < 1.29 is 9.90 Å². The zero-order valence-electron chi connectivity index (χ0n) is 13.3. The van der Waals surface area contributed by atoms with Crippen LogP contribution >= 0.6 is 0 Å². The van der Waals surface area contributed by atoms with E-state index in [1.807, 2.05) is 41.0 Å². The van der Waals surface area contributed by atoms with E-state index >= 15 is 0 Å². The smallest absolute Gasteiger partial charge is 0.251 e. The molecule has 1 aromatic heterocycles. The molecule has 3 aromatic rings. The van der Waals surface area contributed by atoms with E-state index in [4.69, 9.17) is 0 Å². The second kappa shape index (κ2) is 5.76. The largest absolute Gasteiger partial charge is 0.388 e. The first-order chi connectivity index (χ1) is 11.6. The van der Waals surface area contributed by atoms with E-state index in [0.717, 1.165) is 36.0 Å². The Balaban J connectivity index is 1.51. The van der Waals surface area contributed by atoms with Gasteiger partial charge in [-0.25, -0.2) is 4.98 Å². The number of benzene rings is 2. The van der Waals surface area contributed by atoms with Gasteiger partial charge in [-0.15, -0.1) is 0 Å². The number of nitrogens with one attached hydrogen (secondary N) is 1. The van der Waals surface area contributed by atoms with Crippen molar-refractivity contribution in [3.63, 3.8) is 0 Å². The molecule has 0 unspecified atom stereocenters. The Hall–Kier alpha value is -2.66. The summed E-state index contributed by atoms with van der Waals surface area (Å²) in [6.07, 6.45) is 4.34. The second-order valence-corrected chi connectivity index (χ2v) is 6.41. The highest BCUT2D eigenvalue weighted by molar-refractivity contribution is 5.94. The fourth-order valence-electron chi connectivity index (χ4n) is 3.05. The number of nitrogens with zero attached hydrogens (tertiary/aromatic N) is 2. The molecule has 2 N–H and O–H groups in total. The number of para-hydroxylation sites is 2. The summed E-state index contributed by atoms with van der Waals surface area (Å²) in [5.74, 6) is -0.155. The molecule has 0 spiro atoms. The van der Waals surface area contributed by atoms with Crippen molar-refractivity contribution in [3.8, 4) is 5.69 Å². The molecule has 0 aliphatic heterocycles. The minimum atomic E-state index is -0.703. The quantitative estimate of drug-likeness (QED) is 0.776. The topological polar surface area (TPSA) is 67.2 Å². The van der Waals surface area contributed by atoms with Crippen LogP contribution in [0.4, 0.5) is 0 Å². The van der Waals surface area contributed by atoms with Gasteiger partial charge in [0.15, 0.2) is 0 Å². The number of aliphatic hydroxyl groups is 1. The first-order valence-corrected chi connectivity index (χ1v) is 8.18. The van der Waals surface area contributed by atoms with Gasteiger partial charge >= 0.3 is 0 Å². The van der Waals surface area contributed by atoms with Crippen LogP contribution < -0.4 is 5.32 Å². The van der Waals surface area contributed by atoms with Crippen molar-refractivity contribution in [3.05, 3.63) is 60.4 Å². The van der Waals surface area contributed by atoms with E-state index in [1.54, 1.807) is 18.5 Å². The summed E-state index contributed by atoms with van der Waals surface area (Å²) in [6.45, 7) is 0.319. The number of carbonyl (C=O) groups excluding carboxylic acids is 1. The zero-order valence-corrected chi connectivity index (χ0v) is 13.3. The van der Waals surface area contributed by atoms with Crippen LogP contribution in [0.25, 0.3) is 16.7 Å².